The van der Waals surface area contributed by atoms with Gasteiger partial charge in [-0.05, 0) is 29.8 Å². The molecule has 25 heavy (non-hydrogen) atoms. The van der Waals surface area contributed by atoms with Gasteiger partial charge in [-0.1, -0.05) is 6.07 Å². The SMILES string of the molecule is COc1ccc(F)cc1S(=O)(=O)N(C)CC(=O)NCc1cccnc1. The summed E-state index contributed by atoms with van der Waals surface area (Å²) in [5, 5.41) is 2.60. The molecule has 0 bridgehead atoms. The van der Waals surface area contributed by atoms with E-state index < -0.39 is 28.3 Å². The Kier molecular flexibility index (Phi) is 6.05. The maximum atomic E-state index is 13.4. The van der Waals surface area contributed by atoms with Crippen LogP contribution in [0.1, 0.15) is 5.56 Å². The highest BCUT2D eigenvalue weighted by atomic mass is 32.2. The normalized spacial score (nSPS) is 11.4. The topological polar surface area (TPSA) is 88.6 Å². The second kappa shape index (κ2) is 8.04. The van der Waals surface area contributed by atoms with Crippen LogP contribution in [0.5, 0.6) is 5.75 Å². The number of nitrogens with zero attached hydrogens (tertiary/aromatic N) is 2. The van der Waals surface area contributed by atoms with Crippen molar-refractivity contribution in [2.75, 3.05) is 20.7 Å². The summed E-state index contributed by atoms with van der Waals surface area (Å²) in [6, 6.07) is 6.69. The van der Waals surface area contributed by atoms with Gasteiger partial charge in [-0.25, -0.2) is 12.8 Å². The minimum Gasteiger partial charge on any atom is -0.495 e. The van der Waals surface area contributed by atoms with E-state index in [1.54, 1.807) is 24.5 Å². The molecule has 1 amide bonds. The number of carbonyl (C=O) groups is 1. The van der Waals surface area contributed by atoms with Crippen LogP contribution in [0.25, 0.3) is 0 Å². The fourth-order valence-electron chi connectivity index (χ4n) is 2.07. The first kappa shape index (κ1) is 18.8. The standard InChI is InChI=1S/C16H18FN3O4S/c1-20(11-16(21)19-10-12-4-3-7-18-9-12)25(22,23)15-8-13(17)5-6-14(15)24-2/h3-9H,10-11H2,1-2H3,(H,19,21). The van der Waals surface area contributed by atoms with E-state index in [0.29, 0.717) is 0 Å². The summed E-state index contributed by atoms with van der Waals surface area (Å²) >= 11 is 0. The Hall–Kier alpha value is -2.52. The Morgan fingerprint density at radius 2 is 2.12 bits per heavy atom. The predicted molar refractivity (Wildman–Crippen MR) is 88.9 cm³/mol. The van der Waals surface area contributed by atoms with Crippen LogP contribution in [-0.2, 0) is 21.4 Å². The van der Waals surface area contributed by atoms with Crippen LogP contribution in [0.2, 0.25) is 0 Å². The Labute approximate surface area is 145 Å². The fraction of sp³-hybridized carbons (Fsp3) is 0.250. The van der Waals surface area contributed by atoms with Crippen molar-refractivity contribution in [3.05, 3.63) is 54.1 Å². The number of carbonyl (C=O) groups excluding carboxylic acids is 1. The van der Waals surface area contributed by atoms with Crippen molar-refractivity contribution in [3.63, 3.8) is 0 Å². The molecule has 2 aromatic rings. The zero-order valence-corrected chi connectivity index (χ0v) is 14.6. The van der Waals surface area contributed by atoms with Gasteiger partial charge in [0.2, 0.25) is 15.9 Å². The van der Waals surface area contributed by atoms with Crippen molar-refractivity contribution >= 4 is 15.9 Å². The summed E-state index contributed by atoms with van der Waals surface area (Å²) in [6.45, 7) is -0.188. The number of hydrogen-bond donors (Lipinski definition) is 1. The number of pyridine rings is 1. The van der Waals surface area contributed by atoms with Gasteiger partial charge < -0.3 is 10.1 Å². The number of amides is 1. The molecule has 0 aliphatic carbocycles. The molecule has 1 aromatic carbocycles. The number of aromatic nitrogens is 1. The molecule has 2 rings (SSSR count). The summed E-state index contributed by atoms with van der Waals surface area (Å²) in [6.07, 6.45) is 3.20. The van der Waals surface area contributed by atoms with E-state index in [-0.39, 0.29) is 17.2 Å². The van der Waals surface area contributed by atoms with Gasteiger partial charge in [0.1, 0.15) is 16.5 Å². The van der Waals surface area contributed by atoms with Gasteiger partial charge in [0.05, 0.1) is 13.7 Å². The monoisotopic (exact) mass is 367 g/mol. The largest absolute Gasteiger partial charge is 0.495 e. The van der Waals surface area contributed by atoms with Crippen molar-refractivity contribution in [1.82, 2.24) is 14.6 Å². The third-order valence-electron chi connectivity index (χ3n) is 3.39. The Morgan fingerprint density at radius 1 is 1.36 bits per heavy atom. The highest BCUT2D eigenvalue weighted by Gasteiger charge is 2.27. The molecule has 0 atom stereocenters. The van der Waals surface area contributed by atoms with E-state index in [1.165, 1.54) is 20.2 Å². The molecule has 1 N–H and O–H groups in total. The number of rotatable bonds is 7. The number of benzene rings is 1. The average Bonchev–Trinajstić information content (AvgIpc) is 2.60. The van der Waals surface area contributed by atoms with Crippen molar-refractivity contribution in [2.45, 2.75) is 11.4 Å². The highest BCUT2D eigenvalue weighted by Crippen LogP contribution is 2.26. The number of likely N-dealkylation sites (N-methyl/N-ethyl adjacent to an activating group) is 1. The van der Waals surface area contributed by atoms with Crippen LogP contribution in [0.15, 0.2) is 47.6 Å². The third-order valence-corrected chi connectivity index (χ3v) is 5.22. The lowest BCUT2D eigenvalue weighted by molar-refractivity contribution is -0.121. The maximum absolute atomic E-state index is 13.4. The lowest BCUT2D eigenvalue weighted by atomic mass is 10.3. The molecule has 134 valence electrons. The molecule has 0 radical (unpaired) electrons. The minimum atomic E-state index is -4.09. The van der Waals surface area contributed by atoms with Crippen LogP contribution >= 0.6 is 0 Å². The molecule has 0 saturated carbocycles. The molecule has 0 spiro atoms. The summed E-state index contributed by atoms with van der Waals surface area (Å²) in [5.41, 5.74) is 0.785. The summed E-state index contributed by atoms with van der Waals surface area (Å²) < 4.78 is 44.4. The zero-order valence-electron chi connectivity index (χ0n) is 13.8. The van der Waals surface area contributed by atoms with Crippen LogP contribution in [0.4, 0.5) is 4.39 Å². The van der Waals surface area contributed by atoms with Gasteiger partial charge in [-0.15, -0.1) is 0 Å². The quantitative estimate of drug-likeness (QED) is 0.794. The van der Waals surface area contributed by atoms with E-state index in [1.807, 2.05) is 0 Å². The zero-order chi connectivity index (χ0) is 18.4. The van der Waals surface area contributed by atoms with E-state index in [0.717, 1.165) is 22.0 Å². The molecular formula is C16H18FN3O4S. The molecule has 0 aliphatic heterocycles. The number of ether oxygens (including phenoxy) is 1. The molecule has 1 aromatic heterocycles. The lowest BCUT2D eigenvalue weighted by Gasteiger charge is -2.18. The second-order valence-corrected chi connectivity index (χ2v) is 7.21. The third kappa shape index (κ3) is 4.74. The van der Waals surface area contributed by atoms with Crippen LogP contribution in [-0.4, -0.2) is 44.3 Å². The number of sulfonamides is 1. The van der Waals surface area contributed by atoms with Gasteiger partial charge >= 0.3 is 0 Å². The summed E-state index contributed by atoms with van der Waals surface area (Å²) in [5.74, 6) is -1.21. The number of nitrogens with one attached hydrogen (secondary N) is 1. The van der Waals surface area contributed by atoms with Gasteiger partial charge in [0.25, 0.3) is 0 Å². The summed E-state index contributed by atoms with van der Waals surface area (Å²) in [7, 11) is -1.56. The second-order valence-electron chi connectivity index (χ2n) is 5.19. The maximum Gasteiger partial charge on any atom is 0.247 e. The Bertz CT molecular complexity index is 844. The predicted octanol–water partition coefficient (Wildman–Crippen LogP) is 1.17. The first-order chi connectivity index (χ1) is 11.8. The lowest BCUT2D eigenvalue weighted by Crippen LogP contribution is -2.38. The number of methoxy groups -OCH3 is 1. The molecule has 0 fully saturated rings. The Morgan fingerprint density at radius 3 is 2.76 bits per heavy atom. The van der Waals surface area contributed by atoms with Crippen molar-refractivity contribution < 1.29 is 22.3 Å². The smallest absolute Gasteiger partial charge is 0.247 e. The van der Waals surface area contributed by atoms with Gasteiger partial charge in [-0.3, -0.25) is 9.78 Å². The average molecular weight is 367 g/mol. The Balaban J connectivity index is 2.07. The minimum absolute atomic E-state index is 0.00372. The van der Waals surface area contributed by atoms with E-state index in [9.17, 15) is 17.6 Å². The molecule has 0 aliphatic rings. The highest BCUT2D eigenvalue weighted by molar-refractivity contribution is 7.89. The van der Waals surface area contributed by atoms with E-state index in [2.05, 4.69) is 10.3 Å². The number of hydrogen-bond acceptors (Lipinski definition) is 5. The number of halogens is 1. The first-order valence-electron chi connectivity index (χ1n) is 7.30. The molecule has 1 heterocycles. The van der Waals surface area contributed by atoms with E-state index in [4.69, 9.17) is 4.74 Å². The molecular weight excluding hydrogens is 349 g/mol. The molecule has 0 saturated heterocycles. The van der Waals surface area contributed by atoms with Crippen LogP contribution in [0.3, 0.4) is 0 Å². The van der Waals surface area contributed by atoms with Gasteiger partial charge in [0, 0.05) is 26.0 Å². The van der Waals surface area contributed by atoms with E-state index >= 15 is 0 Å². The fourth-order valence-corrected chi connectivity index (χ4v) is 3.36. The van der Waals surface area contributed by atoms with Crippen molar-refractivity contribution in [1.29, 1.82) is 0 Å². The van der Waals surface area contributed by atoms with Crippen LogP contribution < -0.4 is 10.1 Å². The van der Waals surface area contributed by atoms with Crippen molar-refractivity contribution in [2.24, 2.45) is 0 Å². The molecule has 9 heteroatoms. The van der Waals surface area contributed by atoms with Gasteiger partial charge in [0.15, 0.2) is 0 Å². The van der Waals surface area contributed by atoms with Gasteiger partial charge in [-0.2, -0.15) is 4.31 Å². The first-order valence-corrected chi connectivity index (χ1v) is 8.74. The van der Waals surface area contributed by atoms with Crippen molar-refractivity contribution in [3.8, 4) is 5.75 Å². The molecule has 0 unspecified atom stereocenters. The molecule has 7 nitrogen and oxygen atoms in total. The van der Waals surface area contributed by atoms with Crippen LogP contribution in [0, 0.1) is 5.82 Å². The summed E-state index contributed by atoms with van der Waals surface area (Å²) in [4.78, 5) is 15.6.